The minimum atomic E-state index is -3.67. The van der Waals surface area contributed by atoms with Crippen molar-refractivity contribution in [3.8, 4) is 0 Å². The minimum Gasteiger partial charge on any atom is -0.314 e. The van der Waals surface area contributed by atoms with E-state index in [4.69, 9.17) is 0 Å². The summed E-state index contributed by atoms with van der Waals surface area (Å²) < 4.78 is 50.5. The Bertz CT molecular complexity index is 808. The Balaban J connectivity index is 0.00000225. The van der Waals surface area contributed by atoms with Crippen molar-refractivity contribution in [1.29, 1.82) is 0 Å². The molecule has 10 heteroatoms. The average Bonchev–Trinajstić information content (AvgIpc) is 3.06. The highest BCUT2D eigenvalue weighted by Crippen LogP contribution is 2.25. The van der Waals surface area contributed by atoms with Crippen LogP contribution in [-0.4, -0.2) is 77.6 Å². The number of nitrogens with zero attached hydrogens (tertiary/aromatic N) is 2. The maximum Gasteiger partial charge on any atom is 0.243 e. The standard InChI is InChI=1S/C15H23N3O4S2.ClH/c1-23(19,20)14-3-2-4-15(11-14)24(21,22)18-8-5-13(12-18)17-9-6-16-7-10-17;/h2-4,11,13,16H,5-10,12H2,1H3;1H. The van der Waals surface area contributed by atoms with Crippen LogP contribution in [0.25, 0.3) is 0 Å². The van der Waals surface area contributed by atoms with Gasteiger partial charge in [-0.1, -0.05) is 6.07 Å². The van der Waals surface area contributed by atoms with E-state index in [2.05, 4.69) is 10.2 Å². The maximum absolute atomic E-state index is 12.8. The molecule has 0 bridgehead atoms. The summed E-state index contributed by atoms with van der Waals surface area (Å²) in [5.74, 6) is 0. The zero-order valence-electron chi connectivity index (χ0n) is 14.1. The van der Waals surface area contributed by atoms with Crippen LogP contribution in [0.5, 0.6) is 0 Å². The van der Waals surface area contributed by atoms with Crippen LogP contribution >= 0.6 is 12.4 Å². The minimum absolute atomic E-state index is 0. The van der Waals surface area contributed by atoms with Crippen molar-refractivity contribution >= 4 is 32.3 Å². The Morgan fingerprint density at radius 2 is 1.68 bits per heavy atom. The Labute approximate surface area is 155 Å². The predicted molar refractivity (Wildman–Crippen MR) is 98.4 cm³/mol. The second-order valence-corrected chi connectivity index (χ2v) is 10.3. The lowest BCUT2D eigenvalue weighted by Gasteiger charge is -2.32. The van der Waals surface area contributed by atoms with Gasteiger partial charge < -0.3 is 5.32 Å². The summed E-state index contributed by atoms with van der Waals surface area (Å²) in [6.45, 7) is 4.66. The molecule has 0 aromatic heterocycles. The lowest BCUT2D eigenvalue weighted by molar-refractivity contribution is 0.179. The first kappa shape index (κ1) is 20.6. The van der Waals surface area contributed by atoms with Gasteiger partial charge in [0.15, 0.2) is 9.84 Å². The Kier molecular flexibility index (Phi) is 6.50. The number of sulfone groups is 1. The van der Waals surface area contributed by atoms with Gasteiger partial charge in [-0.05, 0) is 24.6 Å². The van der Waals surface area contributed by atoms with Crippen LogP contribution < -0.4 is 5.32 Å². The Morgan fingerprint density at radius 3 is 2.32 bits per heavy atom. The predicted octanol–water partition coefficient (Wildman–Crippen LogP) is 0.180. The molecule has 0 radical (unpaired) electrons. The molecule has 2 heterocycles. The monoisotopic (exact) mass is 409 g/mol. The van der Waals surface area contributed by atoms with Gasteiger partial charge >= 0.3 is 0 Å². The number of piperazine rings is 1. The largest absolute Gasteiger partial charge is 0.314 e. The summed E-state index contributed by atoms with van der Waals surface area (Å²) in [4.78, 5) is 2.41. The molecule has 0 aliphatic carbocycles. The highest BCUT2D eigenvalue weighted by Gasteiger charge is 2.35. The van der Waals surface area contributed by atoms with E-state index in [9.17, 15) is 16.8 Å². The molecule has 1 N–H and O–H groups in total. The molecule has 7 nitrogen and oxygen atoms in total. The molecule has 0 amide bonds. The fourth-order valence-corrected chi connectivity index (χ4v) is 5.57. The van der Waals surface area contributed by atoms with Crippen LogP contribution in [0, 0.1) is 0 Å². The number of sulfonamides is 1. The van der Waals surface area contributed by atoms with Crippen LogP contribution in [0.2, 0.25) is 0 Å². The highest BCUT2D eigenvalue weighted by molar-refractivity contribution is 7.91. The van der Waals surface area contributed by atoms with E-state index >= 15 is 0 Å². The van der Waals surface area contributed by atoms with Crippen LogP contribution in [0.4, 0.5) is 0 Å². The summed E-state index contributed by atoms with van der Waals surface area (Å²) in [6, 6.07) is 5.85. The first-order valence-electron chi connectivity index (χ1n) is 8.03. The van der Waals surface area contributed by atoms with Gasteiger partial charge in [0, 0.05) is 51.6 Å². The van der Waals surface area contributed by atoms with Crippen LogP contribution in [-0.2, 0) is 19.9 Å². The van der Waals surface area contributed by atoms with E-state index in [1.807, 2.05) is 0 Å². The molecule has 1 aromatic carbocycles. The van der Waals surface area contributed by atoms with Gasteiger partial charge in [0.25, 0.3) is 0 Å². The van der Waals surface area contributed by atoms with E-state index in [0.717, 1.165) is 38.9 Å². The second-order valence-electron chi connectivity index (χ2n) is 6.34. The van der Waals surface area contributed by atoms with Gasteiger partial charge in [-0.2, -0.15) is 4.31 Å². The third-order valence-electron chi connectivity index (χ3n) is 4.67. The van der Waals surface area contributed by atoms with Crippen LogP contribution in [0.3, 0.4) is 0 Å². The zero-order chi connectivity index (χ0) is 17.4. The zero-order valence-corrected chi connectivity index (χ0v) is 16.5. The van der Waals surface area contributed by atoms with E-state index in [1.165, 1.54) is 28.6 Å². The fraction of sp³-hybridized carbons (Fsp3) is 0.600. The molecular formula is C15H24ClN3O4S2. The van der Waals surface area contributed by atoms with Gasteiger partial charge in [0.05, 0.1) is 9.79 Å². The van der Waals surface area contributed by atoms with Crippen molar-refractivity contribution < 1.29 is 16.8 Å². The number of hydrogen-bond donors (Lipinski definition) is 1. The first-order chi connectivity index (χ1) is 11.3. The number of nitrogens with one attached hydrogen (secondary N) is 1. The molecule has 0 saturated carbocycles. The molecule has 2 saturated heterocycles. The lowest BCUT2D eigenvalue weighted by Crippen LogP contribution is -2.49. The van der Waals surface area contributed by atoms with Gasteiger partial charge in [0.2, 0.25) is 10.0 Å². The number of benzene rings is 1. The van der Waals surface area contributed by atoms with Crippen LogP contribution in [0.15, 0.2) is 34.1 Å². The van der Waals surface area contributed by atoms with Gasteiger partial charge in [-0.15, -0.1) is 12.4 Å². The van der Waals surface area contributed by atoms with E-state index in [-0.39, 0.29) is 28.2 Å². The van der Waals surface area contributed by atoms with Gasteiger partial charge in [-0.3, -0.25) is 4.90 Å². The summed E-state index contributed by atoms with van der Waals surface area (Å²) in [5, 5.41) is 3.30. The first-order valence-corrected chi connectivity index (χ1v) is 11.4. The fourth-order valence-electron chi connectivity index (χ4n) is 3.29. The molecular weight excluding hydrogens is 386 g/mol. The molecule has 25 heavy (non-hydrogen) atoms. The summed E-state index contributed by atoms with van der Waals surface area (Å²) in [6.07, 6.45) is 1.89. The van der Waals surface area contributed by atoms with Crippen molar-refractivity contribution in [1.82, 2.24) is 14.5 Å². The van der Waals surface area contributed by atoms with Crippen molar-refractivity contribution in [2.45, 2.75) is 22.3 Å². The van der Waals surface area contributed by atoms with Gasteiger partial charge in [-0.25, -0.2) is 16.8 Å². The van der Waals surface area contributed by atoms with E-state index < -0.39 is 19.9 Å². The number of hydrogen-bond acceptors (Lipinski definition) is 6. The molecule has 3 rings (SSSR count). The van der Waals surface area contributed by atoms with Crippen molar-refractivity contribution in [3.05, 3.63) is 24.3 Å². The third-order valence-corrected chi connectivity index (χ3v) is 7.64. The topological polar surface area (TPSA) is 86.8 Å². The number of halogens is 1. The second kappa shape index (κ2) is 7.89. The summed E-state index contributed by atoms with van der Waals surface area (Å²) in [5.41, 5.74) is 0. The van der Waals surface area contributed by atoms with Crippen LogP contribution in [0.1, 0.15) is 6.42 Å². The van der Waals surface area contributed by atoms with Crippen molar-refractivity contribution in [2.75, 3.05) is 45.5 Å². The molecule has 1 atom stereocenters. The van der Waals surface area contributed by atoms with E-state index in [0.29, 0.717) is 13.1 Å². The molecule has 1 aromatic rings. The molecule has 1 unspecified atom stereocenters. The van der Waals surface area contributed by atoms with Crippen molar-refractivity contribution in [3.63, 3.8) is 0 Å². The Morgan fingerprint density at radius 1 is 1.04 bits per heavy atom. The molecule has 2 fully saturated rings. The molecule has 142 valence electrons. The summed E-state index contributed by atoms with van der Waals surface area (Å²) >= 11 is 0. The number of rotatable bonds is 4. The van der Waals surface area contributed by atoms with Gasteiger partial charge in [0.1, 0.15) is 0 Å². The highest BCUT2D eigenvalue weighted by atomic mass is 35.5. The Hall–Kier alpha value is -0.710. The average molecular weight is 410 g/mol. The lowest BCUT2D eigenvalue weighted by atomic mass is 10.2. The molecule has 2 aliphatic rings. The molecule has 2 aliphatic heterocycles. The molecule has 0 spiro atoms. The third kappa shape index (κ3) is 4.53. The smallest absolute Gasteiger partial charge is 0.243 e. The van der Waals surface area contributed by atoms with Crippen molar-refractivity contribution in [2.24, 2.45) is 0 Å². The summed E-state index contributed by atoms with van der Waals surface area (Å²) in [7, 11) is -7.10. The van der Waals surface area contributed by atoms with E-state index in [1.54, 1.807) is 0 Å². The maximum atomic E-state index is 12.8. The quantitative estimate of drug-likeness (QED) is 0.763. The normalized spacial score (nSPS) is 23.3. The SMILES string of the molecule is CS(=O)(=O)c1cccc(S(=O)(=O)N2CCC(N3CCNCC3)C2)c1.Cl.